The first-order valence-corrected chi connectivity index (χ1v) is 16.6. The molecule has 1 aromatic carbocycles. The molecule has 1 saturated heterocycles. The van der Waals surface area contributed by atoms with Gasteiger partial charge in [-0.05, 0) is 75.1 Å². The number of imide groups is 2. The molecular formula is C34H35N9O4. The van der Waals surface area contributed by atoms with Crippen molar-refractivity contribution in [1.29, 1.82) is 0 Å². The molecule has 0 spiro atoms. The number of amides is 4. The number of pyridine rings is 1. The second-order valence-electron chi connectivity index (χ2n) is 13.9. The van der Waals surface area contributed by atoms with E-state index in [-0.39, 0.29) is 30.0 Å². The summed E-state index contributed by atoms with van der Waals surface area (Å²) in [4.78, 5) is 55.9. The number of anilines is 1. The fourth-order valence-corrected chi connectivity index (χ4v) is 7.58. The van der Waals surface area contributed by atoms with E-state index in [4.69, 9.17) is 15.8 Å². The van der Waals surface area contributed by atoms with E-state index in [1.807, 2.05) is 12.4 Å². The Hall–Kier alpha value is -4.91. The lowest BCUT2D eigenvalue weighted by Gasteiger charge is -2.35. The molecule has 0 radical (unpaired) electrons. The van der Waals surface area contributed by atoms with Gasteiger partial charge in [-0.3, -0.25) is 43.7 Å². The van der Waals surface area contributed by atoms with E-state index in [1.54, 1.807) is 18.2 Å². The van der Waals surface area contributed by atoms with Crippen LogP contribution in [0.1, 0.15) is 95.8 Å². The predicted molar refractivity (Wildman–Crippen MR) is 170 cm³/mol. The third-order valence-corrected chi connectivity index (χ3v) is 10.6. The number of fused-ring (bicyclic) bond motifs is 2. The van der Waals surface area contributed by atoms with Crippen LogP contribution in [0.4, 0.5) is 5.69 Å². The zero-order valence-corrected chi connectivity index (χ0v) is 25.8. The number of hydrogen-bond acceptors (Lipinski definition) is 9. The van der Waals surface area contributed by atoms with Crippen LogP contribution >= 0.6 is 0 Å². The van der Waals surface area contributed by atoms with Gasteiger partial charge in [0.15, 0.2) is 0 Å². The Balaban J connectivity index is 0.863. The lowest BCUT2D eigenvalue weighted by Crippen LogP contribution is -2.54. The van der Waals surface area contributed by atoms with Crippen LogP contribution in [0.3, 0.4) is 0 Å². The highest BCUT2D eigenvalue weighted by atomic mass is 16.2. The standard InChI is InChI=1S/C34H35N9O4/c35-20-9-23(10-20)43-29-12-27(37-14-19(29)15-38-43)26-16-41(40-31(26)18-1-2-18)22-7-17(8-22)13-36-21-3-4-24-25(11-21)34(47)42(33(24)46)28-5-6-30(44)39-32(28)45/h3-4,11-12,14-18,20,22-23,28,36H,1-2,5-10,13,35H2,(H,39,44,45). The lowest BCUT2D eigenvalue weighted by molar-refractivity contribution is -0.136. The number of nitrogens with zero attached hydrogens (tertiary/aromatic N) is 6. The van der Waals surface area contributed by atoms with Crippen molar-refractivity contribution in [3.63, 3.8) is 0 Å². The number of carbonyl (C=O) groups is 4. The van der Waals surface area contributed by atoms with Gasteiger partial charge in [-0.1, -0.05) is 0 Å². The Bertz CT molecular complexity index is 1980. The first-order chi connectivity index (χ1) is 22.8. The zero-order valence-electron chi connectivity index (χ0n) is 25.8. The zero-order chi connectivity index (χ0) is 32.0. The van der Waals surface area contributed by atoms with E-state index in [0.29, 0.717) is 23.9 Å². The van der Waals surface area contributed by atoms with Gasteiger partial charge in [-0.15, -0.1) is 0 Å². The number of benzene rings is 1. The molecule has 9 rings (SSSR count). The quantitative estimate of drug-likeness (QED) is 0.246. The molecule has 2 aliphatic heterocycles. The normalized spacial score (nSPS) is 27.1. The molecule has 1 unspecified atom stereocenters. The highest BCUT2D eigenvalue weighted by molar-refractivity contribution is 6.23. The molecule has 4 aromatic rings. The van der Waals surface area contributed by atoms with Gasteiger partial charge in [0.1, 0.15) is 6.04 Å². The number of nitrogens with two attached hydrogens (primary N) is 1. The minimum Gasteiger partial charge on any atom is -0.385 e. The van der Waals surface area contributed by atoms with Crippen molar-refractivity contribution in [1.82, 2.24) is 34.8 Å². The third kappa shape index (κ3) is 4.74. The molecule has 3 saturated carbocycles. The number of aromatic nitrogens is 5. The molecule has 13 nitrogen and oxygen atoms in total. The molecule has 240 valence electrons. The molecule has 13 heteroatoms. The molecule has 4 N–H and O–H groups in total. The van der Waals surface area contributed by atoms with E-state index >= 15 is 0 Å². The predicted octanol–water partition coefficient (Wildman–Crippen LogP) is 3.30. The second kappa shape index (κ2) is 10.6. The topological polar surface area (TPSA) is 170 Å². The molecule has 0 bridgehead atoms. The first-order valence-electron chi connectivity index (χ1n) is 16.6. The van der Waals surface area contributed by atoms with Crippen LogP contribution in [0.2, 0.25) is 0 Å². The summed E-state index contributed by atoms with van der Waals surface area (Å²) in [6, 6.07) is 7.21. The first kappa shape index (κ1) is 28.3. The van der Waals surface area contributed by atoms with Gasteiger partial charge >= 0.3 is 0 Å². The summed E-state index contributed by atoms with van der Waals surface area (Å²) in [5.74, 6) is -1.09. The maximum absolute atomic E-state index is 13.2. The van der Waals surface area contributed by atoms with Crippen LogP contribution < -0.4 is 16.4 Å². The summed E-state index contributed by atoms with van der Waals surface area (Å²) in [5, 5.41) is 16.5. The molecule has 5 aliphatic rings. The van der Waals surface area contributed by atoms with Crippen molar-refractivity contribution in [2.24, 2.45) is 11.7 Å². The smallest absolute Gasteiger partial charge is 0.262 e. The number of hydrogen-bond donors (Lipinski definition) is 3. The number of carbonyl (C=O) groups excluding carboxylic acids is 4. The molecule has 47 heavy (non-hydrogen) atoms. The van der Waals surface area contributed by atoms with E-state index in [9.17, 15) is 19.2 Å². The van der Waals surface area contributed by atoms with Crippen molar-refractivity contribution < 1.29 is 19.2 Å². The highest BCUT2D eigenvalue weighted by Crippen LogP contribution is 2.46. The third-order valence-electron chi connectivity index (χ3n) is 10.6. The Morgan fingerprint density at radius 3 is 2.49 bits per heavy atom. The molecular weight excluding hydrogens is 598 g/mol. The summed E-state index contributed by atoms with van der Waals surface area (Å²) < 4.78 is 4.24. The van der Waals surface area contributed by atoms with Gasteiger partial charge in [-0.2, -0.15) is 10.2 Å². The number of nitrogens with one attached hydrogen (secondary N) is 2. The highest BCUT2D eigenvalue weighted by Gasteiger charge is 2.45. The van der Waals surface area contributed by atoms with Crippen LogP contribution in [0.25, 0.3) is 22.2 Å². The SMILES string of the molecule is NC1CC(n2ncc3cnc(-c4cn(C5CC(CNc6ccc7c(c6)C(=O)N(C6CCC(=O)NC6=O)C7=O)C5)nc4C4CC4)cc32)C1. The van der Waals surface area contributed by atoms with Crippen LogP contribution in [0.5, 0.6) is 0 Å². The van der Waals surface area contributed by atoms with Gasteiger partial charge in [-0.25, -0.2) is 0 Å². The fourth-order valence-electron chi connectivity index (χ4n) is 7.58. The van der Waals surface area contributed by atoms with Crippen LogP contribution in [0.15, 0.2) is 42.9 Å². The van der Waals surface area contributed by atoms with Crippen molar-refractivity contribution in [3.05, 3.63) is 59.7 Å². The Kier molecular flexibility index (Phi) is 6.36. The maximum Gasteiger partial charge on any atom is 0.262 e. The van der Waals surface area contributed by atoms with Gasteiger partial charge < -0.3 is 11.1 Å². The minimum atomic E-state index is -0.972. The Morgan fingerprint density at radius 1 is 0.915 bits per heavy atom. The average Bonchev–Trinajstić information content (AvgIpc) is 3.57. The number of rotatable bonds is 8. The van der Waals surface area contributed by atoms with Crippen LogP contribution in [-0.4, -0.2) is 71.7 Å². The van der Waals surface area contributed by atoms with Crippen LogP contribution in [-0.2, 0) is 9.59 Å². The molecule has 4 amide bonds. The number of piperidine rings is 1. The maximum atomic E-state index is 13.2. The van der Waals surface area contributed by atoms with E-state index < -0.39 is 29.7 Å². The Morgan fingerprint density at radius 2 is 1.72 bits per heavy atom. The summed E-state index contributed by atoms with van der Waals surface area (Å²) >= 11 is 0. The molecule has 3 aromatic heterocycles. The van der Waals surface area contributed by atoms with E-state index in [1.165, 1.54) is 0 Å². The fraction of sp³-hybridized carbons (Fsp3) is 0.441. The average molecular weight is 634 g/mol. The van der Waals surface area contributed by atoms with Gasteiger partial charge in [0.2, 0.25) is 11.8 Å². The van der Waals surface area contributed by atoms with E-state index in [0.717, 1.165) is 83.5 Å². The Labute approximate surface area is 269 Å². The van der Waals surface area contributed by atoms with Gasteiger partial charge in [0.05, 0.1) is 46.3 Å². The van der Waals surface area contributed by atoms with Gasteiger partial charge in [0, 0.05) is 54.0 Å². The summed E-state index contributed by atoms with van der Waals surface area (Å²) in [6.07, 6.45) is 12.4. The van der Waals surface area contributed by atoms with Crippen molar-refractivity contribution >= 4 is 40.2 Å². The second-order valence-corrected chi connectivity index (χ2v) is 13.9. The van der Waals surface area contributed by atoms with E-state index in [2.05, 4.69) is 37.4 Å². The van der Waals surface area contributed by atoms with Crippen molar-refractivity contribution in [3.8, 4) is 11.3 Å². The van der Waals surface area contributed by atoms with Crippen LogP contribution in [0, 0.1) is 5.92 Å². The van der Waals surface area contributed by atoms with Crippen molar-refractivity contribution in [2.45, 2.75) is 81.5 Å². The lowest BCUT2D eigenvalue weighted by atomic mass is 9.80. The largest absolute Gasteiger partial charge is 0.385 e. The molecule has 4 fully saturated rings. The summed E-state index contributed by atoms with van der Waals surface area (Å²) in [6.45, 7) is 0.727. The summed E-state index contributed by atoms with van der Waals surface area (Å²) in [5.41, 5.74) is 11.6. The monoisotopic (exact) mass is 633 g/mol. The summed E-state index contributed by atoms with van der Waals surface area (Å²) in [7, 11) is 0. The minimum absolute atomic E-state index is 0.0934. The molecule has 5 heterocycles. The molecule has 3 aliphatic carbocycles. The van der Waals surface area contributed by atoms with Gasteiger partial charge in [0.25, 0.3) is 11.8 Å². The molecule has 1 atom stereocenters. The van der Waals surface area contributed by atoms with Crippen molar-refractivity contribution in [2.75, 3.05) is 11.9 Å².